The van der Waals surface area contributed by atoms with E-state index in [1.165, 1.54) is 0 Å². The molecule has 6 heteroatoms. The molecule has 1 rings (SSSR count). The summed E-state index contributed by atoms with van der Waals surface area (Å²) in [5.41, 5.74) is -0.771. The number of ether oxygens (including phenoxy) is 2. The second-order valence-corrected chi connectivity index (χ2v) is 5.95. The van der Waals surface area contributed by atoms with Crippen LogP contribution in [0.4, 0.5) is 0 Å². The van der Waals surface area contributed by atoms with E-state index in [0.29, 0.717) is 45.4 Å². The molecule has 124 valence electrons. The topological polar surface area (TPSA) is 79.2 Å². The number of hydrogen-bond donors (Lipinski definition) is 2. The molecule has 1 aliphatic carbocycles. The molecule has 0 atom stereocenters. The number of rotatable bonds is 10. The molecular weight excluding hydrogens is 274 g/mol. The van der Waals surface area contributed by atoms with Gasteiger partial charge < -0.3 is 19.7 Å². The van der Waals surface area contributed by atoms with E-state index >= 15 is 0 Å². The van der Waals surface area contributed by atoms with E-state index in [9.17, 15) is 9.90 Å². The van der Waals surface area contributed by atoms with Crippen LogP contribution >= 0.6 is 0 Å². The lowest BCUT2D eigenvalue weighted by atomic mass is 9.78. The van der Waals surface area contributed by atoms with Crippen LogP contribution in [0.15, 0.2) is 0 Å². The standard InChI is InChI=1S/C15H29NO5/c1-20-10-3-8-16(9-11-21-2)12-15(19)6-4-13(5-7-15)14(17)18/h13,19H,3-12H2,1-2H3,(H,17,18). The van der Waals surface area contributed by atoms with E-state index in [2.05, 4.69) is 4.90 Å². The molecule has 0 aliphatic heterocycles. The van der Waals surface area contributed by atoms with Crippen molar-refractivity contribution in [2.45, 2.75) is 37.7 Å². The van der Waals surface area contributed by atoms with Crippen LogP contribution in [0, 0.1) is 5.92 Å². The molecule has 0 aromatic heterocycles. The summed E-state index contributed by atoms with van der Waals surface area (Å²) in [7, 11) is 3.35. The summed E-state index contributed by atoms with van der Waals surface area (Å²) in [5.74, 6) is -1.04. The predicted molar refractivity (Wildman–Crippen MR) is 79.4 cm³/mol. The smallest absolute Gasteiger partial charge is 0.306 e. The van der Waals surface area contributed by atoms with Crippen molar-refractivity contribution >= 4 is 5.97 Å². The van der Waals surface area contributed by atoms with Gasteiger partial charge in [-0.3, -0.25) is 9.69 Å². The Balaban J connectivity index is 2.46. The predicted octanol–water partition coefficient (Wildman–Crippen LogP) is 0.977. The van der Waals surface area contributed by atoms with E-state index in [1.54, 1.807) is 14.2 Å². The summed E-state index contributed by atoms with van der Waals surface area (Å²) in [6.45, 7) is 3.52. The van der Waals surface area contributed by atoms with Gasteiger partial charge in [-0.1, -0.05) is 0 Å². The van der Waals surface area contributed by atoms with Crippen molar-refractivity contribution in [3.63, 3.8) is 0 Å². The van der Waals surface area contributed by atoms with Gasteiger partial charge in [0.15, 0.2) is 0 Å². The fourth-order valence-electron chi connectivity index (χ4n) is 2.90. The molecule has 0 heterocycles. The molecule has 1 fully saturated rings. The second-order valence-electron chi connectivity index (χ2n) is 5.95. The molecule has 0 saturated heterocycles. The highest BCUT2D eigenvalue weighted by Crippen LogP contribution is 2.32. The molecule has 0 aromatic rings. The Morgan fingerprint density at radius 3 is 2.33 bits per heavy atom. The first-order chi connectivity index (χ1) is 10.0. The Bertz CT molecular complexity index is 302. The largest absolute Gasteiger partial charge is 0.481 e. The van der Waals surface area contributed by atoms with Crippen LogP contribution in [0.1, 0.15) is 32.1 Å². The van der Waals surface area contributed by atoms with Crippen LogP contribution in [0.3, 0.4) is 0 Å². The maximum Gasteiger partial charge on any atom is 0.306 e. The second kappa shape index (κ2) is 9.35. The van der Waals surface area contributed by atoms with E-state index in [1.807, 2.05) is 0 Å². The van der Waals surface area contributed by atoms with Crippen LogP contribution < -0.4 is 0 Å². The van der Waals surface area contributed by atoms with Crippen LogP contribution in [0.5, 0.6) is 0 Å². The van der Waals surface area contributed by atoms with Gasteiger partial charge in [0.2, 0.25) is 0 Å². The quantitative estimate of drug-likeness (QED) is 0.586. The van der Waals surface area contributed by atoms with Gasteiger partial charge >= 0.3 is 5.97 Å². The van der Waals surface area contributed by atoms with Crippen LogP contribution in [-0.2, 0) is 14.3 Å². The lowest BCUT2D eigenvalue weighted by Gasteiger charge is -2.38. The number of carboxylic acids is 1. The van der Waals surface area contributed by atoms with Crippen LogP contribution in [-0.4, -0.2) is 73.8 Å². The highest BCUT2D eigenvalue weighted by atomic mass is 16.5. The van der Waals surface area contributed by atoms with E-state index in [-0.39, 0.29) is 5.92 Å². The van der Waals surface area contributed by atoms with Gasteiger partial charge in [-0.25, -0.2) is 0 Å². The molecular formula is C15H29NO5. The number of carboxylic acid groups (broad SMARTS) is 1. The van der Waals surface area contributed by atoms with Crippen LogP contribution in [0.2, 0.25) is 0 Å². The number of aliphatic carboxylic acids is 1. The van der Waals surface area contributed by atoms with E-state index in [0.717, 1.165) is 19.5 Å². The van der Waals surface area contributed by atoms with Gasteiger partial charge in [-0.2, -0.15) is 0 Å². The van der Waals surface area contributed by atoms with E-state index in [4.69, 9.17) is 14.6 Å². The minimum atomic E-state index is -0.771. The SMILES string of the molecule is COCCCN(CCOC)CC1(O)CCC(C(=O)O)CC1. The molecule has 0 aromatic carbocycles. The monoisotopic (exact) mass is 303 g/mol. The van der Waals surface area contributed by atoms with Crippen molar-refractivity contribution in [3.8, 4) is 0 Å². The van der Waals surface area contributed by atoms with Crippen molar-refractivity contribution in [1.29, 1.82) is 0 Å². The molecule has 6 nitrogen and oxygen atoms in total. The van der Waals surface area contributed by atoms with Gasteiger partial charge in [-0.15, -0.1) is 0 Å². The highest BCUT2D eigenvalue weighted by molar-refractivity contribution is 5.70. The Hall–Kier alpha value is -0.690. The summed E-state index contributed by atoms with van der Waals surface area (Å²) >= 11 is 0. The number of hydrogen-bond acceptors (Lipinski definition) is 5. The zero-order valence-electron chi connectivity index (χ0n) is 13.2. The Labute approximate surface area is 127 Å². The summed E-state index contributed by atoms with van der Waals surface area (Å²) in [4.78, 5) is 13.2. The van der Waals surface area contributed by atoms with Gasteiger partial charge in [0.1, 0.15) is 0 Å². The average Bonchev–Trinajstić information content (AvgIpc) is 2.45. The summed E-state index contributed by atoms with van der Waals surface area (Å²) < 4.78 is 10.2. The van der Waals surface area contributed by atoms with E-state index < -0.39 is 11.6 Å². The Kier molecular flexibility index (Phi) is 8.18. The number of aliphatic hydroxyl groups is 1. The van der Waals surface area contributed by atoms with Crippen molar-refractivity contribution in [2.24, 2.45) is 5.92 Å². The zero-order chi connectivity index (χ0) is 15.7. The molecule has 2 N–H and O–H groups in total. The molecule has 1 saturated carbocycles. The number of carbonyl (C=O) groups is 1. The molecule has 0 spiro atoms. The summed E-state index contributed by atoms with van der Waals surface area (Å²) in [5, 5.41) is 19.7. The molecule has 0 radical (unpaired) electrons. The zero-order valence-corrected chi connectivity index (χ0v) is 13.2. The number of nitrogens with zero attached hydrogens (tertiary/aromatic N) is 1. The maximum atomic E-state index is 11.0. The fraction of sp³-hybridized carbons (Fsp3) is 0.933. The Morgan fingerprint density at radius 2 is 1.81 bits per heavy atom. The van der Waals surface area contributed by atoms with Gasteiger partial charge in [-0.05, 0) is 32.1 Å². The van der Waals surface area contributed by atoms with Crippen molar-refractivity contribution in [1.82, 2.24) is 4.90 Å². The highest BCUT2D eigenvalue weighted by Gasteiger charge is 2.36. The molecule has 0 bridgehead atoms. The average molecular weight is 303 g/mol. The first-order valence-corrected chi connectivity index (χ1v) is 7.66. The van der Waals surface area contributed by atoms with Crippen molar-refractivity contribution < 1.29 is 24.5 Å². The van der Waals surface area contributed by atoms with Gasteiger partial charge in [0.25, 0.3) is 0 Å². The van der Waals surface area contributed by atoms with Crippen molar-refractivity contribution in [3.05, 3.63) is 0 Å². The molecule has 1 aliphatic rings. The third-order valence-electron chi connectivity index (χ3n) is 4.22. The summed E-state index contributed by atoms with van der Waals surface area (Å²) in [6, 6.07) is 0. The van der Waals surface area contributed by atoms with Gasteiger partial charge in [0, 0.05) is 40.5 Å². The van der Waals surface area contributed by atoms with Gasteiger partial charge in [0.05, 0.1) is 18.1 Å². The lowest BCUT2D eigenvalue weighted by molar-refractivity contribution is -0.145. The van der Waals surface area contributed by atoms with Crippen LogP contribution in [0.25, 0.3) is 0 Å². The normalized spacial score (nSPS) is 26.2. The first-order valence-electron chi connectivity index (χ1n) is 7.66. The molecule has 21 heavy (non-hydrogen) atoms. The minimum absolute atomic E-state index is 0.300. The third-order valence-corrected chi connectivity index (χ3v) is 4.22. The minimum Gasteiger partial charge on any atom is -0.481 e. The Morgan fingerprint density at radius 1 is 1.19 bits per heavy atom. The lowest BCUT2D eigenvalue weighted by Crippen LogP contribution is -2.47. The summed E-state index contributed by atoms with van der Waals surface area (Å²) in [6.07, 6.45) is 3.13. The molecule has 0 amide bonds. The third kappa shape index (κ3) is 6.74. The fourth-order valence-corrected chi connectivity index (χ4v) is 2.90. The first kappa shape index (κ1) is 18.4. The number of methoxy groups -OCH3 is 2. The molecule has 0 unspecified atom stereocenters. The maximum absolute atomic E-state index is 11.0. The van der Waals surface area contributed by atoms with Crippen molar-refractivity contribution in [2.75, 3.05) is 47.1 Å².